The first kappa shape index (κ1) is 25.8. The Morgan fingerprint density at radius 3 is 2.35 bits per heavy atom. The molecule has 34 heavy (non-hydrogen) atoms. The highest BCUT2D eigenvalue weighted by atomic mass is 32.2. The topological polar surface area (TPSA) is 66.5 Å². The molecule has 0 saturated heterocycles. The number of nitrogens with zero attached hydrogens (tertiary/aromatic N) is 1. The van der Waals surface area contributed by atoms with Crippen LogP contribution in [0.1, 0.15) is 22.3 Å². The quantitative estimate of drug-likeness (QED) is 0.398. The third-order valence-corrected chi connectivity index (χ3v) is 8.10. The Labute approximate surface area is 205 Å². The molecule has 0 aromatic heterocycles. The molecule has 0 saturated carbocycles. The van der Waals surface area contributed by atoms with Crippen LogP contribution in [-0.2, 0) is 20.6 Å². The second-order valence-electron chi connectivity index (χ2n) is 8.11. The number of hydrogen-bond acceptors (Lipinski definition) is 4. The van der Waals surface area contributed by atoms with Gasteiger partial charge in [-0.05, 0) is 61.7 Å². The van der Waals surface area contributed by atoms with Crippen molar-refractivity contribution in [3.63, 3.8) is 0 Å². The first-order valence-electron chi connectivity index (χ1n) is 10.9. The predicted molar refractivity (Wildman–Crippen MR) is 137 cm³/mol. The molecule has 0 aliphatic carbocycles. The van der Waals surface area contributed by atoms with Gasteiger partial charge in [0.2, 0.25) is 5.91 Å². The Kier molecular flexibility index (Phi) is 8.74. The largest absolute Gasteiger partial charge is 0.354 e. The summed E-state index contributed by atoms with van der Waals surface area (Å²) >= 11 is 1.50. The van der Waals surface area contributed by atoms with Gasteiger partial charge in [-0.3, -0.25) is 9.10 Å². The van der Waals surface area contributed by atoms with Crippen LogP contribution < -0.4 is 9.62 Å². The summed E-state index contributed by atoms with van der Waals surface area (Å²) in [5, 5.41) is 2.79. The predicted octanol–water partition coefficient (Wildman–Crippen LogP) is 5.00. The maximum Gasteiger partial charge on any atom is 0.264 e. The third-order valence-electron chi connectivity index (χ3n) is 5.31. The van der Waals surface area contributed by atoms with Gasteiger partial charge in [-0.2, -0.15) is 11.8 Å². The highest BCUT2D eigenvalue weighted by Crippen LogP contribution is 2.28. The number of anilines is 1. The lowest BCUT2D eigenvalue weighted by molar-refractivity contribution is -0.119. The standard InChI is InChI=1S/C26H29FN2O3S2/c1-19-9-12-23(13-10-19)34(31,32)29(25-16-20(2)8-11-21(25)3)17-26(30)28-14-15-33-18-22-6-4-5-7-24(22)27/h4-13,16H,14-15,17-18H2,1-3H3,(H,28,30). The fourth-order valence-electron chi connectivity index (χ4n) is 3.37. The molecule has 0 aliphatic heterocycles. The second-order valence-corrected chi connectivity index (χ2v) is 11.1. The number of thioether (sulfide) groups is 1. The first-order valence-corrected chi connectivity index (χ1v) is 13.5. The van der Waals surface area contributed by atoms with Crippen LogP contribution >= 0.6 is 11.8 Å². The van der Waals surface area contributed by atoms with Crippen LogP contribution in [0.3, 0.4) is 0 Å². The van der Waals surface area contributed by atoms with E-state index in [0.717, 1.165) is 16.7 Å². The number of sulfonamides is 1. The molecule has 0 atom stereocenters. The molecule has 0 heterocycles. The van der Waals surface area contributed by atoms with Crippen LogP contribution in [0.5, 0.6) is 0 Å². The maximum absolute atomic E-state index is 13.7. The van der Waals surface area contributed by atoms with Gasteiger partial charge in [0.25, 0.3) is 10.0 Å². The lowest BCUT2D eigenvalue weighted by atomic mass is 10.1. The van der Waals surface area contributed by atoms with E-state index in [1.807, 2.05) is 32.9 Å². The van der Waals surface area contributed by atoms with Crippen molar-refractivity contribution in [2.75, 3.05) is 23.1 Å². The smallest absolute Gasteiger partial charge is 0.264 e. The van der Waals surface area contributed by atoms with Crippen molar-refractivity contribution in [2.24, 2.45) is 0 Å². The average Bonchev–Trinajstić information content (AvgIpc) is 2.80. The fraction of sp³-hybridized carbons (Fsp3) is 0.269. The van der Waals surface area contributed by atoms with Gasteiger partial charge in [-0.25, -0.2) is 12.8 Å². The minimum Gasteiger partial charge on any atom is -0.354 e. The summed E-state index contributed by atoms with van der Waals surface area (Å²) in [6, 6.07) is 18.7. The number of hydrogen-bond donors (Lipinski definition) is 1. The fourth-order valence-corrected chi connectivity index (χ4v) is 5.69. The number of rotatable bonds is 10. The van der Waals surface area contributed by atoms with Crippen molar-refractivity contribution in [2.45, 2.75) is 31.4 Å². The number of benzene rings is 3. The molecular formula is C26H29FN2O3S2. The number of aryl methyl sites for hydroxylation is 3. The van der Waals surface area contributed by atoms with Crippen molar-refractivity contribution in [1.29, 1.82) is 0 Å². The van der Waals surface area contributed by atoms with E-state index in [4.69, 9.17) is 0 Å². The van der Waals surface area contributed by atoms with Crippen molar-refractivity contribution in [3.8, 4) is 0 Å². The number of carbonyl (C=O) groups excluding carboxylic acids is 1. The molecule has 0 aliphatic rings. The lowest BCUT2D eigenvalue weighted by Gasteiger charge is -2.26. The molecule has 0 bridgehead atoms. The molecule has 3 rings (SSSR count). The SMILES string of the molecule is Cc1ccc(S(=O)(=O)N(CC(=O)NCCSCc2ccccc2F)c2cc(C)ccc2C)cc1. The highest BCUT2D eigenvalue weighted by molar-refractivity contribution is 7.98. The molecule has 180 valence electrons. The minimum atomic E-state index is -3.96. The molecule has 0 radical (unpaired) electrons. The second kappa shape index (κ2) is 11.5. The summed E-state index contributed by atoms with van der Waals surface area (Å²) in [5.74, 6) is 0.431. The molecule has 0 unspecified atom stereocenters. The minimum absolute atomic E-state index is 0.132. The number of nitrogens with one attached hydrogen (secondary N) is 1. The number of carbonyl (C=O) groups is 1. The maximum atomic E-state index is 13.7. The van der Waals surface area contributed by atoms with Crippen LogP contribution in [0.25, 0.3) is 0 Å². The van der Waals surface area contributed by atoms with Crippen LogP contribution in [-0.4, -0.2) is 33.2 Å². The summed E-state index contributed by atoms with van der Waals surface area (Å²) in [7, 11) is -3.96. The molecule has 8 heteroatoms. The van der Waals surface area contributed by atoms with E-state index in [0.29, 0.717) is 29.3 Å². The van der Waals surface area contributed by atoms with Gasteiger partial charge in [-0.15, -0.1) is 0 Å². The zero-order valence-corrected chi connectivity index (χ0v) is 21.2. The summed E-state index contributed by atoms with van der Waals surface area (Å²) in [6.07, 6.45) is 0. The van der Waals surface area contributed by atoms with Crippen LogP contribution in [0, 0.1) is 26.6 Å². The molecule has 1 amide bonds. The van der Waals surface area contributed by atoms with Gasteiger partial charge < -0.3 is 5.32 Å². The van der Waals surface area contributed by atoms with Gasteiger partial charge in [0.15, 0.2) is 0 Å². The lowest BCUT2D eigenvalue weighted by Crippen LogP contribution is -2.41. The van der Waals surface area contributed by atoms with Crippen molar-refractivity contribution in [1.82, 2.24) is 5.32 Å². The van der Waals surface area contributed by atoms with Crippen LogP contribution in [0.4, 0.5) is 10.1 Å². The Morgan fingerprint density at radius 1 is 0.971 bits per heavy atom. The zero-order chi connectivity index (χ0) is 24.7. The Bertz CT molecular complexity index is 1250. The van der Waals surface area contributed by atoms with E-state index in [2.05, 4.69) is 5.32 Å². The summed E-state index contributed by atoms with van der Waals surface area (Å²) in [4.78, 5) is 12.9. The normalized spacial score (nSPS) is 11.3. The first-order chi connectivity index (χ1) is 16.2. The van der Waals surface area contributed by atoms with Crippen LogP contribution in [0.15, 0.2) is 71.6 Å². The van der Waals surface area contributed by atoms with E-state index in [1.54, 1.807) is 48.5 Å². The Morgan fingerprint density at radius 2 is 1.65 bits per heavy atom. The van der Waals surface area contributed by atoms with Gasteiger partial charge in [-0.1, -0.05) is 48.0 Å². The van der Waals surface area contributed by atoms with Gasteiger partial charge >= 0.3 is 0 Å². The van der Waals surface area contributed by atoms with E-state index in [-0.39, 0.29) is 17.3 Å². The molecule has 1 N–H and O–H groups in total. The van der Waals surface area contributed by atoms with E-state index >= 15 is 0 Å². The highest BCUT2D eigenvalue weighted by Gasteiger charge is 2.28. The van der Waals surface area contributed by atoms with E-state index < -0.39 is 15.9 Å². The third kappa shape index (κ3) is 6.61. The number of halogens is 1. The van der Waals surface area contributed by atoms with Crippen LogP contribution in [0.2, 0.25) is 0 Å². The van der Waals surface area contributed by atoms with Crippen molar-refractivity contribution >= 4 is 33.4 Å². The van der Waals surface area contributed by atoms with E-state index in [1.165, 1.54) is 22.1 Å². The average molecular weight is 501 g/mol. The zero-order valence-electron chi connectivity index (χ0n) is 19.5. The molecule has 0 fully saturated rings. The molecule has 0 spiro atoms. The Balaban J connectivity index is 1.70. The Hall–Kier alpha value is -2.84. The van der Waals surface area contributed by atoms with Gasteiger partial charge in [0, 0.05) is 18.1 Å². The summed E-state index contributed by atoms with van der Waals surface area (Å²) in [6.45, 7) is 5.61. The summed E-state index contributed by atoms with van der Waals surface area (Å²) in [5.41, 5.74) is 3.70. The molecular weight excluding hydrogens is 471 g/mol. The molecule has 3 aromatic carbocycles. The van der Waals surface area contributed by atoms with E-state index in [9.17, 15) is 17.6 Å². The number of amides is 1. The molecule has 3 aromatic rings. The van der Waals surface area contributed by atoms with Crippen molar-refractivity contribution in [3.05, 3.63) is 94.8 Å². The molecule has 5 nitrogen and oxygen atoms in total. The van der Waals surface area contributed by atoms with Gasteiger partial charge in [0.05, 0.1) is 10.6 Å². The van der Waals surface area contributed by atoms with Crippen molar-refractivity contribution < 1.29 is 17.6 Å². The van der Waals surface area contributed by atoms with Gasteiger partial charge in [0.1, 0.15) is 12.4 Å². The summed E-state index contributed by atoms with van der Waals surface area (Å²) < 4.78 is 41.9. The monoisotopic (exact) mass is 500 g/mol.